The first-order valence-electron chi connectivity index (χ1n) is 7.01. The third-order valence-electron chi connectivity index (χ3n) is 3.49. The lowest BCUT2D eigenvalue weighted by atomic mass is 10.1. The number of nitrogens with zero attached hydrogens (tertiary/aromatic N) is 1. The van der Waals surface area contributed by atoms with E-state index in [0.29, 0.717) is 18.7 Å². The quantitative estimate of drug-likeness (QED) is 0.820. The van der Waals surface area contributed by atoms with Gasteiger partial charge in [-0.15, -0.1) is 0 Å². The molecule has 22 heavy (non-hydrogen) atoms. The standard InChI is InChI=1S/C15H19FN2O4/c1-11(19)17-8-14(20)18-7-6-15(21,9-18)10-22-13-4-2-12(16)3-5-13/h2-5,21H,6-10H2,1H3,(H,17,19)/t15-/m1/s1. The molecule has 7 heteroatoms. The monoisotopic (exact) mass is 310 g/mol. The third kappa shape index (κ3) is 4.42. The number of benzene rings is 1. The Bertz CT molecular complexity index is 549. The first-order chi connectivity index (χ1) is 10.4. The number of hydrogen-bond donors (Lipinski definition) is 2. The summed E-state index contributed by atoms with van der Waals surface area (Å²) in [6, 6.07) is 5.51. The van der Waals surface area contributed by atoms with Crippen molar-refractivity contribution in [2.24, 2.45) is 0 Å². The van der Waals surface area contributed by atoms with E-state index in [-0.39, 0.29) is 37.3 Å². The van der Waals surface area contributed by atoms with Gasteiger partial charge in [-0.25, -0.2) is 4.39 Å². The maximum atomic E-state index is 12.8. The van der Waals surface area contributed by atoms with E-state index in [1.165, 1.54) is 36.1 Å². The molecule has 1 fully saturated rings. The molecule has 6 nitrogen and oxygen atoms in total. The summed E-state index contributed by atoms with van der Waals surface area (Å²) in [6.45, 7) is 1.82. The number of nitrogens with one attached hydrogen (secondary N) is 1. The molecule has 2 rings (SSSR count). The van der Waals surface area contributed by atoms with Gasteiger partial charge < -0.3 is 20.1 Å². The predicted octanol–water partition coefficient (Wildman–Crippen LogP) is 0.304. The molecule has 1 saturated heterocycles. The molecule has 1 heterocycles. The van der Waals surface area contributed by atoms with E-state index in [0.717, 1.165) is 0 Å². The summed E-state index contributed by atoms with van der Waals surface area (Å²) < 4.78 is 18.2. The average Bonchev–Trinajstić information content (AvgIpc) is 2.87. The summed E-state index contributed by atoms with van der Waals surface area (Å²) in [5.74, 6) is -0.421. The molecule has 0 bridgehead atoms. The van der Waals surface area contributed by atoms with Crippen LogP contribution >= 0.6 is 0 Å². The molecule has 0 unspecified atom stereocenters. The number of β-amino-alcohol motifs (C(OH)–C–C–N with tert-alkyl or cyclic N) is 1. The first-order valence-corrected chi connectivity index (χ1v) is 7.01. The Morgan fingerprint density at radius 2 is 2.09 bits per heavy atom. The van der Waals surface area contributed by atoms with E-state index < -0.39 is 5.60 Å². The van der Waals surface area contributed by atoms with Crippen LogP contribution in [-0.4, -0.2) is 53.7 Å². The van der Waals surface area contributed by atoms with Gasteiger partial charge in [0.2, 0.25) is 11.8 Å². The highest BCUT2D eigenvalue weighted by Gasteiger charge is 2.38. The topological polar surface area (TPSA) is 78.9 Å². The fraction of sp³-hybridized carbons (Fsp3) is 0.467. The minimum Gasteiger partial charge on any atom is -0.491 e. The summed E-state index contributed by atoms with van der Waals surface area (Å²) >= 11 is 0. The van der Waals surface area contributed by atoms with Crippen LogP contribution in [0.3, 0.4) is 0 Å². The highest BCUT2D eigenvalue weighted by atomic mass is 19.1. The van der Waals surface area contributed by atoms with Crippen LogP contribution < -0.4 is 10.1 Å². The average molecular weight is 310 g/mol. The van der Waals surface area contributed by atoms with Crippen molar-refractivity contribution >= 4 is 11.8 Å². The molecular weight excluding hydrogens is 291 g/mol. The largest absolute Gasteiger partial charge is 0.491 e. The number of likely N-dealkylation sites (tertiary alicyclic amines) is 1. The Balaban J connectivity index is 1.83. The molecule has 1 aliphatic heterocycles. The highest BCUT2D eigenvalue weighted by Crippen LogP contribution is 2.23. The van der Waals surface area contributed by atoms with Gasteiger partial charge >= 0.3 is 0 Å². The normalized spacial score (nSPS) is 20.8. The van der Waals surface area contributed by atoms with Crippen LogP contribution in [0.25, 0.3) is 0 Å². The molecule has 1 atom stereocenters. The summed E-state index contributed by atoms with van der Waals surface area (Å²) in [6.07, 6.45) is 0.389. The van der Waals surface area contributed by atoms with Crippen molar-refractivity contribution in [3.63, 3.8) is 0 Å². The number of carbonyl (C=O) groups is 2. The van der Waals surface area contributed by atoms with Gasteiger partial charge in [0.15, 0.2) is 0 Å². The molecular formula is C15H19FN2O4. The van der Waals surface area contributed by atoms with E-state index in [2.05, 4.69) is 5.32 Å². The van der Waals surface area contributed by atoms with Crippen molar-refractivity contribution in [2.75, 3.05) is 26.2 Å². The van der Waals surface area contributed by atoms with Gasteiger partial charge in [-0.2, -0.15) is 0 Å². The zero-order valence-corrected chi connectivity index (χ0v) is 12.3. The highest BCUT2D eigenvalue weighted by molar-refractivity contribution is 5.83. The number of rotatable bonds is 5. The molecule has 1 aliphatic rings. The molecule has 0 spiro atoms. The maximum absolute atomic E-state index is 12.8. The van der Waals surface area contributed by atoms with Crippen molar-refractivity contribution in [2.45, 2.75) is 18.9 Å². The Kier molecular flexibility index (Phi) is 4.97. The Morgan fingerprint density at radius 3 is 2.73 bits per heavy atom. The lowest BCUT2D eigenvalue weighted by molar-refractivity contribution is -0.132. The van der Waals surface area contributed by atoms with Crippen molar-refractivity contribution in [1.29, 1.82) is 0 Å². The Labute approximate surface area is 127 Å². The van der Waals surface area contributed by atoms with Crippen LogP contribution in [0.15, 0.2) is 24.3 Å². The first kappa shape index (κ1) is 16.2. The van der Waals surface area contributed by atoms with Crippen LogP contribution in [0.1, 0.15) is 13.3 Å². The van der Waals surface area contributed by atoms with Crippen molar-refractivity contribution in [3.05, 3.63) is 30.1 Å². The molecule has 2 amide bonds. The minimum absolute atomic E-state index is 0.0164. The van der Waals surface area contributed by atoms with Gasteiger partial charge in [0.25, 0.3) is 0 Å². The number of aliphatic hydroxyl groups is 1. The second-order valence-corrected chi connectivity index (χ2v) is 5.44. The van der Waals surface area contributed by atoms with Crippen molar-refractivity contribution in [3.8, 4) is 5.75 Å². The zero-order valence-electron chi connectivity index (χ0n) is 12.3. The molecule has 2 N–H and O–H groups in total. The van der Waals surface area contributed by atoms with E-state index >= 15 is 0 Å². The van der Waals surface area contributed by atoms with Gasteiger partial charge in [-0.1, -0.05) is 0 Å². The SMILES string of the molecule is CC(=O)NCC(=O)N1CC[C@](O)(COc2ccc(F)cc2)C1. The van der Waals surface area contributed by atoms with E-state index in [1.807, 2.05) is 0 Å². The Hall–Kier alpha value is -2.15. The van der Waals surface area contributed by atoms with Crippen LogP contribution in [0.5, 0.6) is 5.75 Å². The molecule has 0 aromatic heterocycles. The van der Waals surface area contributed by atoms with Crippen LogP contribution in [-0.2, 0) is 9.59 Å². The lowest BCUT2D eigenvalue weighted by Gasteiger charge is -2.23. The van der Waals surface area contributed by atoms with E-state index in [9.17, 15) is 19.1 Å². The summed E-state index contributed by atoms with van der Waals surface area (Å²) in [4.78, 5) is 24.2. The molecule has 1 aromatic carbocycles. The van der Waals surface area contributed by atoms with Gasteiger partial charge in [0, 0.05) is 13.5 Å². The number of carbonyl (C=O) groups excluding carboxylic acids is 2. The summed E-state index contributed by atoms with van der Waals surface area (Å²) in [7, 11) is 0. The second-order valence-electron chi connectivity index (χ2n) is 5.44. The lowest BCUT2D eigenvalue weighted by Crippen LogP contribution is -2.43. The predicted molar refractivity (Wildman–Crippen MR) is 76.7 cm³/mol. The zero-order chi connectivity index (χ0) is 16.2. The van der Waals surface area contributed by atoms with Crippen molar-refractivity contribution in [1.82, 2.24) is 10.2 Å². The Morgan fingerprint density at radius 1 is 1.41 bits per heavy atom. The van der Waals surface area contributed by atoms with Gasteiger partial charge in [-0.05, 0) is 30.7 Å². The molecule has 1 aromatic rings. The van der Waals surface area contributed by atoms with Crippen LogP contribution in [0, 0.1) is 5.82 Å². The number of amides is 2. The van der Waals surface area contributed by atoms with Gasteiger partial charge in [-0.3, -0.25) is 9.59 Å². The fourth-order valence-electron chi connectivity index (χ4n) is 2.25. The molecule has 0 aliphatic carbocycles. The second kappa shape index (κ2) is 6.74. The van der Waals surface area contributed by atoms with E-state index in [1.54, 1.807) is 0 Å². The third-order valence-corrected chi connectivity index (χ3v) is 3.49. The van der Waals surface area contributed by atoms with E-state index in [4.69, 9.17) is 4.74 Å². The number of halogens is 1. The molecule has 0 radical (unpaired) electrons. The summed E-state index contributed by atoms with van der Waals surface area (Å²) in [5, 5.41) is 12.9. The maximum Gasteiger partial charge on any atom is 0.242 e. The van der Waals surface area contributed by atoms with Crippen LogP contribution in [0.4, 0.5) is 4.39 Å². The smallest absolute Gasteiger partial charge is 0.242 e. The number of ether oxygens (including phenoxy) is 1. The number of hydrogen-bond acceptors (Lipinski definition) is 4. The van der Waals surface area contributed by atoms with Crippen molar-refractivity contribution < 1.29 is 23.8 Å². The van der Waals surface area contributed by atoms with Crippen LogP contribution in [0.2, 0.25) is 0 Å². The summed E-state index contributed by atoms with van der Waals surface area (Å²) in [5.41, 5.74) is -1.14. The minimum atomic E-state index is -1.14. The molecule has 120 valence electrons. The van der Waals surface area contributed by atoms with Gasteiger partial charge in [0.05, 0.1) is 13.1 Å². The fourth-order valence-corrected chi connectivity index (χ4v) is 2.25. The van der Waals surface area contributed by atoms with Gasteiger partial charge in [0.1, 0.15) is 23.8 Å². The molecule has 0 saturated carbocycles.